The van der Waals surface area contributed by atoms with E-state index in [-0.39, 0.29) is 0 Å². The normalized spacial score (nSPS) is 28.8. The second-order valence-corrected chi connectivity index (χ2v) is 4.00. The standard InChI is InChI=1S/C9H19N3/c10-4-3-9(1-2-9)12-7-5-11-6-8-12/h11H,1-8,10H2. The average Bonchev–Trinajstić information content (AvgIpc) is 2.88. The van der Waals surface area contributed by atoms with E-state index in [1.807, 2.05) is 0 Å². The van der Waals surface area contributed by atoms with Gasteiger partial charge >= 0.3 is 0 Å². The molecule has 0 atom stereocenters. The zero-order valence-corrected chi connectivity index (χ0v) is 7.68. The van der Waals surface area contributed by atoms with Gasteiger partial charge < -0.3 is 11.1 Å². The lowest BCUT2D eigenvalue weighted by Gasteiger charge is -2.35. The maximum absolute atomic E-state index is 5.62. The second kappa shape index (κ2) is 3.32. The lowest BCUT2D eigenvalue weighted by molar-refractivity contribution is 0.148. The molecule has 0 aromatic heterocycles. The van der Waals surface area contributed by atoms with E-state index in [1.165, 1.54) is 32.4 Å². The van der Waals surface area contributed by atoms with Gasteiger partial charge in [-0.3, -0.25) is 4.90 Å². The minimum atomic E-state index is 0.539. The molecule has 0 radical (unpaired) electrons. The second-order valence-electron chi connectivity index (χ2n) is 4.00. The minimum absolute atomic E-state index is 0.539. The molecule has 1 aliphatic heterocycles. The number of nitrogens with zero attached hydrogens (tertiary/aromatic N) is 1. The van der Waals surface area contributed by atoms with Gasteiger partial charge in [-0.1, -0.05) is 0 Å². The van der Waals surface area contributed by atoms with Crippen molar-refractivity contribution in [3.8, 4) is 0 Å². The highest BCUT2D eigenvalue weighted by molar-refractivity contribution is 5.04. The van der Waals surface area contributed by atoms with Crippen LogP contribution in [0.2, 0.25) is 0 Å². The van der Waals surface area contributed by atoms with Crippen molar-refractivity contribution in [3.05, 3.63) is 0 Å². The van der Waals surface area contributed by atoms with Crippen LogP contribution in [-0.2, 0) is 0 Å². The molecule has 1 saturated carbocycles. The lowest BCUT2D eigenvalue weighted by atomic mass is 10.1. The van der Waals surface area contributed by atoms with Gasteiger partial charge in [0.1, 0.15) is 0 Å². The molecule has 0 spiro atoms. The molecule has 0 aromatic rings. The molecule has 0 amide bonds. The van der Waals surface area contributed by atoms with Crippen molar-refractivity contribution in [1.29, 1.82) is 0 Å². The van der Waals surface area contributed by atoms with Crippen molar-refractivity contribution in [1.82, 2.24) is 10.2 Å². The van der Waals surface area contributed by atoms with Gasteiger partial charge in [0.15, 0.2) is 0 Å². The number of rotatable bonds is 3. The Morgan fingerprint density at radius 1 is 1.25 bits per heavy atom. The summed E-state index contributed by atoms with van der Waals surface area (Å²) in [4.78, 5) is 2.64. The van der Waals surface area contributed by atoms with Crippen molar-refractivity contribution in [2.45, 2.75) is 24.8 Å². The van der Waals surface area contributed by atoms with Gasteiger partial charge in [-0.15, -0.1) is 0 Å². The SMILES string of the molecule is NCCC1(N2CCNCC2)CC1. The van der Waals surface area contributed by atoms with Gasteiger partial charge in [0.05, 0.1) is 0 Å². The third-order valence-corrected chi connectivity index (χ3v) is 3.22. The maximum Gasteiger partial charge on any atom is 0.0224 e. The third-order valence-electron chi connectivity index (χ3n) is 3.22. The van der Waals surface area contributed by atoms with Crippen LogP contribution < -0.4 is 11.1 Å². The summed E-state index contributed by atoms with van der Waals surface area (Å²) in [5, 5.41) is 3.38. The molecule has 0 aromatic carbocycles. The van der Waals surface area contributed by atoms with E-state index in [0.717, 1.165) is 19.6 Å². The molecule has 3 nitrogen and oxygen atoms in total. The van der Waals surface area contributed by atoms with Crippen LogP contribution in [0.3, 0.4) is 0 Å². The number of hydrogen-bond acceptors (Lipinski definition) is 3. The molecule has 3 heteroatoms. The van der Waals surface area contributed by atoms with E-state index in [4.69, 9.17) is 5.73 Å². The monoisotopic (exact) mass is 169 g/mol. The third kappa shape index (κ3) is 1.49. The van der Waals surface area contributed by atoms with Crippen LogP contribution in [0.5, 0.6) is 0 Å². The minimum Gasteiger partial charge on any atom is -0.330 e. The molecule has 3 N–H and O–H groups in total. The molecule has 1 saturated heterocycles. The summed E-state index contributed by atoms with van der Waals surface area (Å²) < 4.78 is 0. The highest BCUT2D eigenvalue weighted by Crippen LogP contribution is 2.44. The highest BCUT2D eigenvalue weighted by Gasteiger charge is 2.46. The van der Waals surface area contributed by atoms with Gasteiger partial charge in [-0.25, -0.2) is 0 Å². The summed E-state index contributed by atoms with van der Waals surface area (Å²) >= 11 is 0. The van der Waals surface area contributed by atoms with Crippen LogP contribution >= 0.6 is 0 Å². The van der Waals surface area contributed by atoms with Crippen LogP contribution in [0.25, 0.3) is 0 Å². The number of nitrogens with two attached hydrogens (primary N) is 1. The molecule has 2 rings (SSSR count). The molecule has 1 heterocycles. The zero-order valence-electron chi connectivity index (χ0n) is 7.68. The van der Waals surface area contributed by atoms with Crippen molar-refractivity contribution >= 4 is 0 Å². The molecule has 2 aliphatic rings. The Bertz CT molecular complexity index is 148. The van der Waals surface area contributed by atoms with Gasteiger partial charge in [0.25, 0.3) is 0 Å². The summed E-state index contributed by atoms with van der Waals surface area (Å²) in [6, 6.07) is 0. The van der Waals surface area contributed by atoms with E-state index in [9.17, 15) is 0 Å². The Labute approximate surface area is 74.3 Å². The predicted octanol–water partition coefficient (Wildman–Crippen LogP) is -0.227. The summed E-state index contributed by atoms with van der Waals surface area (Å²) in [6.45, 7) is 5.61. The van der Waals surface area contributed by atoms with Crippen molar-refractivity contribution < 1.29 is 0 Å². The van der Waals surface area contributed by atoms with E-state index in [2.05, 4.69) is 10.2 Å². The average molecular weight is 169 g/mol. The van der Waals surface area contributed by atoms with E-state index >= 15 is 0 Å². The molecule has 70 valence electrons. The first-order chi connectivity index (χ1) is 5.87. The molecular weight excluding hydrogens is 150 g/mol. The van der Waals surface area contributed by atoms with E-state index in [0.29, 0.717) is 5.54 Å². The molecule has 2 fully saturated rings. The van der Waals surface area contributed by atoms with Gasteiger partial charge in [0, 0.05) is 31.7 Å². The Hall–Kier alpha value is -0.120. The molecular formula is C9H19N3. The zero-order chi connectivity index (χ0) is 8.44. The van der Waals surface area contributed by atoms with Crippen molar-refractivity contribution in [2.75, 3.05) is 32.7 Å². The van der Waals surface area contributed by atoms with Crippen LogP contribution in [0, 0.1) is 0 Å². The topological polar surface area (TPSA) is 41.3 Å². The molecule has 0 bridgehead atoms. The fraction of sp³-hybridized carbons (Fsp3) is 1.00. The predicted molar refractivity (Wildman–Crippen MR) is 50.1 cm³/mol. The smallest absolute Gasteiger partial charge is 0.0224 e. The summed E-state index contributed by atoms with van der Waals surface area (Å²) in [6.07, 6.45) is 3.96. The first kappa shape index (κ1) is 8.48. The van der Waals surface area contributed by atoms with Crippen molar-refractivity contribution in [3.63, 3.8) is 0 Å². The first-order valence-electron chi connectivity index (χ1n) is 5.03. The molecule has 0 unspecified atom stereocenters. The Balaban J connectivity index is 1.88. The number of hydrogen-bond donors (Lipinski definition) is 2. The fourth-order valence-corrected chi connectivity index (χ4v) is 2.28. The molecule has 1 aliphatic carbocycles. The fourth-order valence-electron chi connectivity index (χ4n) is 2.28. The number of piperazine rings is 1. The lowest BCUT2D eigenvalue weighted by Crippen LogP contribution is -2.50. The first-order valence-corrected chi connectivity index (χ1v) is 5.03. The van der Waals surface area contributed by atoms with Crippen LogP contribution in [0.4, 0.5) is 0 Å². The quantitative estimate of drug-likeness (QED) is 0.613. The Morgan fingerprint density at radius 3 is 2.42 bits per heavy atom. The summed E-state index contributed by atoms with van der Waals surface area (Å²) in [5.74, 6) is 0. The van der Waals surface area contributed by atoms with E-state index in [1.54, 1.807) is 0 Å². The summed E-state index contributed by atoms with van der Waals surface area (Å²) in [5.41, 5.74) is 6.16. The highest BCUT2D eigenvalue weighted by atomic mass is 15.3. The largest absolute Gasteiger partial charge is 0.330 e. The molecule has 12 heavy (non-hydrogen) atoms. The maximum atomic E-state index is 5.62. The van der Waals surface area contributed by atoms with Gasteiger partial charge in [0.2, 0.25) is 0 Å². The Kier molecular flexibility index (Phi) is 2.35. The van der Waals surface area contributed by atoms with E-state index < -0.39 is 0 Å². The summed E-state index contributed by atoms with van der Waals surface area (Å²) in [7, 11) is 0. The van der Waals surface area contributed by atoms with Crippen LogP contribution in [-0.4, -0.2) is 43.2 Å². The van der Waals surface area contributed by atoms with Crippen LogP contribution in [0.1, 0.15) is 19.3 Å². The Morgan fingerprint density at radius 2 is 1.92 bits per heavy atom. The van der Waals surface area contributed by atoms with Crippen LogP contribution in [0.15, 0.2) is 0 Å². The number of nitrogens with one attached hydrogen (secondary N) is 1. The van der Waals surface area contributed by atoms with Crippen molar-refractivity contribution in [2.24, 2.45) is 5.73 Å². The van der Waals surface area contributed by atoms with Gasteiger partial charge in [-0.05, 0) is 25.8 Å². The van der Waals surface area contributed by atoms with Gasteiger partial charge in [-0.2, -0.15) is 0 Å².